The summed E-state index contributed by atoms with van der Waals surface area (Å²) in [5.74, 6) is 0.621. The number of carbonyl (C=O) groups excluding carboxylic acids is 1. The summed E-state index contributed by atoms with van der Waals surface area (Å²) in [5.41, 5.74) is 2.64. The molecular formula is C27H39ClN2O5. The van der Waals surface area contributed by atoms with Gasteiger partial charge < -0.3 is 15.2 Å². The molecule has 1 amide bonds. The van der Waals surface area contributed by atoms with Gasteiger partial charge in [0.15, 0.2) is 0 Å². The maximum atomic E-state index is 12.3. The molecule has 194 valence electrons. The maximum absolute atomic E-state index is 12.3. The minimum atomic E-state index is -0.575. The molecule has 2 aromatic rings. The molecule has 0 radical (unpaired) electrons. The topological polar surface area (TPSA) is 102 Å². The quantitative estimate of drug-likeness (QED) is 0.193. The van der Waals surface area contributed by atoms with Crippen LogP contribution in [0.2, 0.25) is 5.02 Å². The van der Waals surface area contributed by atoms with E-state index >= 15 is 0 Å². The maximum Gasteiger partial charge on any atom is 0.289 e. The number of aliphatic hydroxyl groups is 1. The van der Waals surface area contributed by atoms with Crippen molar-refractivity contribution in [2.75, 3.05) is 19.0 Å². The Morgan fingerprint density at radius 2 is 1.69 bits per heavy atom. The molecule has 2 aromatic carbocycles. The molecule has 35 heavy (non-hydrogen) atoms. The van der Waals surface area contributed by atoms with Crippen LogP contribution in [-0.4, -0.2) is 29.7 Å². The summed E-state index contributed by atoms with van der Waals surface area (Å²) in [5, 5.41) is 20.7. The summed E-state index contributed by atoms with van der Waals surface area (Å²) < 4.78 is 6.11. The average molecular weight is 507 g/mol. The summed E-state index contributed by atoms with van der Waals surface area (Å²) in [7, 11) is 1.00. The lowest BCUT2D eigenvalue weighted by Gasteiger charge is -2.30. The molecular weight excluding hydrogens is 468 g/mol. The number of nitro benzene ring substituents is 1. The lowest BCUT2D eigenvalue weighted by Crippen LogP contribution is -2.21. The number of anilines is 1. The minimum Gasteiger partial charge on any atom is -0.493 e. The van der Waals surface area contributed by atoms with E-state index in [0.717, 1.165) is 25.7 Å². The number of aliphatic hydroxyl groups excluding tert-OH is 1. The van der Waals surface area contributed by atoms with Crippen LogP contribution in [0.1, 0.15) is 78.4 Å². The number of hydrogen-bond acceptors (Lipinski definition) is 5. The Bertz CT molecular complexity index is 1010. The number of benzene rings is 2. The average Bonchev–Trinajstić information content (AvgIpc) is 2.84. The Morgan fingerprint density at radius 3 is 2.26 bits per heavy atom. The summed E-state index contributed by atoms with van der Waals surface area (Å²) in [6.45, 7) is 13.7. The Morgan fingerprint density at radius 1 is 1.06 bits per heavy atom. The predicted molar refractivity (Wildman–Crippen MR) is 143 cm³/mol. The zero-order valence-electron chi connectivity index (χ0n) is 21.9. The van der Waals surface area contributed by atoms with Gasteiger partial charge >= 0.3 is 0 Å². The van der Waals surface area contributed by atoms with Crippen LogP contribution in [0.15, 0.2) is 36.4 Å². The molecule has 0 aliphatic heterocycles. The zero-order valence-corrected chi connectivity index (χ0v) is 22.7. The number of nitrogens with zero attached hydrogens (tertiary/aromatic N) is 1. The van der Waals surface area contributed by atoms with E-state index in [9.17, 15) is 14.9 Å². The second-order valence-corrected chi connectivity index (χ2v) is 10.0. The fourth-order valence-corrected chi connectivity index (χ4v) is 3.56. The van der Waals surface area contributed by atoms with Crippen LogP contribution in [0.25, 0.3) is 0 Å². The molecule has 0 saturated carbocycles. The molecule has 2 N–H and O–H groups in total. The summed E-state index contributed by atoms with van der Waals surface area (Å²) in [6.07, 6.45) is 2.79. The predicted octanol–water partition coefficient (Wildman–Crippen LogP) is 7.03. The molecule has 0 aliphatic rings. The first-order chi connectivity index (χ1) is 16.4. The Kier molecular flexibility index (Phi) is 11.7. The number of rotatable bonds is 11. The number of carbonyl (C=O) groups is 1. The fourth-order valence-electron chi connectivity index (χ4n) is 3.37. The SMILES string of the molecule is CCC(C)(C)c1ccc(OCCCC(=O)Nc2ccc(Cl)c([N+](=O)[O-])c2)c(C(C)(C)CC)c1.CO. The standard InChI is InChI=1S/C26H35ClN2O4.CH4O/c1-7-25(3,4)18-11-14-23(20(16-18)26(5,6)8-2)33-15-9-10-24(30)28-19-12-13-21(27)22(17-19)29(31)32;1-2/h11-14,16-17H,7-10,15H2,1-6H3,(H,28,30);2H,1H3. The van der Waals surface area contributed by atoms with Crippen molar-refractivity contribution in [3.63, 3.8) is 0 Å². The Labute approximate surface area is 214 Å². The van der Waals surface area contributed by atoms with Crippen molar-refractivity contribution in [2.45, 2.75) is 78.1 Å². The van der Waals surface area contributed by atoms with Gasteiger partial charge in [-0.3, -0.25) is 14.9 Å². The van der Waals surface area contributed by atoms with Crippen LogP contribution in [0.4, 0.5) is 11.4 Å². The molecule has 8 heteroatoms. The first kappa shape index (κ1) is 30.4. The molecule has 0 atom stereocenters. The second-order valence-electron chi connectivity index (χ2n) is 9.61. The van der Waals surface area contributed by atoms with Gasteiger partial charge in [-0.2, -0.15) is 0 Å². The first-order valence-electron chi connectivity index (χ1n) is 11.9. The van der Waals surface area contributed by atoms with E-state index in [4.69, 9.17) is 21.4 Å². The van der Waals surface area contributed by atoms with E-state index in [2.05, 4.69) is 59.0 Å². The third-order valence-corrected chi connectivity index (χ3v) is 6.81. The van der Waals surface area contributed by atoms with Crippen LogP contribution in [0, 0.1) is 10.1 Å². The van der Waals surface area contributed by atoms with Gasteiger partial charge in [0.05, 0.1) is 11.5 Å². The minimum absolute atomic E-state index is 0.0319. The highest BCUT2D eigenvalue weighted by atomic mass is 35.5. The third kappa shape index (κ3) is 8.51. The van der Waals surface area contributed by atoms with E-state index in [1.165, 1.54) is 23.3 Å². The monoisotopic (exact) mass is 506 g/mol. The summed E-state index contributed by atoms with van der Waals surface area (Å²) >= 11 is 5.82. The lowest BCUT2D eigenvalue weighted by molar-refractivity contribution is -0.384. The van der Waals surface area contributed by atoms with Crippen LogP contribution >= 0.6 is 11.6 Å². The van der Waals surface area contributed by atoms with Crippen molar-refractivity contribution >= 4 is 28.9 Å². The highest BCUT2D eigenvalue weighted by Crippen LogP contribution is 2.38. The zero-order chi connectivity index (χ0) is 26.8. The normalized spacial score (nSPS) is 11.3. The molecule has 0 fully saturated rings. The first-order valence-corrected chi connectivity index (χ1v) is 12.3. The molecule has 0 aromatic heterocycles. The largest absolute Gasteiger partial charge is 0.493 e. The van der Waals surface area contributed by atoms with Crippen molar-refractivity contribution in [1.82, 2.24) is 0 Å². The van der Waals surface area contributed by atoms with Gasteiger partial charge in [-0.25, -0.2) is 0 Å². The molecule has 0 bridgehead atoms. The van der Waals surface area contributed by atoms with Crippen molar-refractivity contribution in [1.29, 1.82) is 0 Å². The molecule has 0 spiro atoms. The Balaban J connectivity index is 0.00000298. The van der Waals surface area contributed by atoms with Gasteiger partial charge in [0.2, 0.25) is 5.91 Å². The van der Waals surface area contributed by atoms with Gasteiger partial charge in [-0.05, 0) is 53.9 Å². The summed E-state index contributed by atoms with van der Waals surface area (Å²) in [6, 6.07) is 10.7. The van der Waals surface area contributed by atoms with Crippen LogP contribution in [0.5, 0.6) is 5.75 Å². The van der Waals surface area contributed by atoms with Gasteiger partial charge in [0, 0.05) is 30.8 Å². The number of hydrogen-bond donors (Lipinski definition) is 2. The number of nitro groups is 1. The molecule has 7 nitrogen and oxygen atoms in total. The Hall–Kier alpha value is -2.64. The molecule has 2 rings (SSSR count). The van der Waals surface area contributed by atoms with Crippen LogP contribution in [0.3, 0.4) is 0 Å². The van der Waals surface area contributed by atoms with Crippen molar-refractivity contribution in [3.05, 3.63) is 62.7 Å². The van der Waals surface area contributed by atoms with Crippen LogP contribution < -0.4 is 10.1 Å². The van der Waals surface area contributed by atoms with E-state index in [0.29, 0.717) is 18.7 Å². The second kappa shape index (κ2) is 13.4. The lowest BCUT2D eigenvalue weighted by atomic mass is 9.76. The molecule has 0 unspecified atom stereocenters. The summed E-state index contributed by atoms with van der Waals surface area (Å²) in [4.78, 5) is 22.7. The van der Waals surface area contributed by atoms with E-state index in [1.54, 1.807) is 6.07 Å². The van der Waals surface area contributed by atoms with Crippen molar-refractivity contribution < 1.29 is 19.6 Å². The van der Waals surface area contributed by atoms with E-state index in [1.807, 2.05) is 6.07 Å². The smallest absolute Gasteiger partial charge is 0.289 e. The third-order valence-electron chi connectivity index (χ3n) is 6.49. The van der Waals surface area contributed by atoms with Crippen molar-refractivity contribution in [3.8, 4) is 5.75 Å². The van der Waals surface area contributed by atoms with Gasteiger partial charge in [0.25, 0.3) is 5.69 Å². The van der Waals surface area contributed by atoms with Gasteiger partial charge in [-0.1, -0.05) is 65.3 Å². The molecule has 0 saturated heterocycles. The highest BCUT2D eigenvalue weighted by Gasteiger charge is 2.26. The highest BCUT2D eigenvalue weighted by molar-refractivity contribution is 6.32. The number of amides is 1. The van der Waals surface area contributed by atoms with Gasteiger partial charge in [0.1, 0.15) is 10.8 Å². The number of ether oxygens (including phenoxy) is 1. The molecule has 0 heterocycles. The van der Waals surface area contributed by atoms with Crippen molar-refractivity contribution in [2.24, 2.45) is 0 Å². The molecule has 0 aliphatic carbocycles. The number of nitrogens with one attached hydrogen (secondary N) is 1. The number of halogens is 1. The van der Waals surface area contributed by atoms with Crippen LogP contribution in [-0.2, 0) is 15.6 Å². The van der Waals surface area contributed by atoms with E-state index < -0.39 is 4.92 Å². The van der Waals surface area contributed by atoms with E-state index in [-0.39, 0.29) is 33.9 Å². The van der Waals surface area contributed by atoms with Gasteiger partial charge in [-0.15, -0.1) is 0 Å². The fraction of sp³-hybridized carbons (Fsp3) is 0.519.